The van der Waals surface area contributed by atoms with Crippen molar-refractivity contribution in [1.82, 2.24) is 14.5 Å². The molecule has 8 nitrogen and oxygen atoms in total. The van der Waals surface area contributed by atoms with Crippen molar-refractivity contribution in [2.45, 2.75) is 5.75 Å². The van der Waals surface area contributed by atoms with Crippen LogP contribution in [0.1, 0.15) is 5.56 Å². The molecule has 0 radical (unpaired) electrons. The molecule has 0 saturated carbocycles. The number of benzene rings is 1. The van der Waals surface area contributed by atoms with Crippen LogP contribution in [-0.2, 0) is 20.5 Å². The van der Waals surface area contributed by atoms with E-state index in [-0.39, 0.29) is 18.7 Å². The van der Waals surface area contributed by atoms with Crippen LogP contribution in [0.5, 0.6) is 0 Å². The van der Waals surface area contributed by atoms with Crippen LogP contribution in [0.2, 0.25) is 0 Å². The Kier molecular flexibility index (Phi) is 6.11. The van der Waals surface area contributed by atoms with Crippen molar-refractivity contribution in [3.05, 3.63) is 47.5 Å². The van der Waals surface area contributed by atoms with Crippen molar-refractivity contribution >= 4 is 21.7 Å². The van der Waals surface area contributed by atoms with Gasteiger partial charge in [-0.15, -0.1) is 10.2 Å². The summed E-state index contributed by atoms with van der Waals surface area (Å²) in [5.41, 5.74) is -0.165. The van der Waals surface area contributed by atoms with E-state index < -0.39 is 27.4 Å². The van der Waals surface area contributed by atoms with Crippen molar-refractivity contribution in [3.63, 3.8) is 0 Å². The molecular formula is C19H23F2N5O3S. The van der Waals surface area contributed by atoms with Gasteiger partial charge >= 0.3 is 0 Å². The third-order valence-electron chi connectivity index (χ3n) is 5.27. The Morgan fingerprint density at radius 1 is 0.867 bits per heavy atom. The first-order valence-corrected chi connectivity index (χ1v) is 11.4. The Labute approximate surface area is 174 Å². The lowest BCUT2D eigenvalue weighted by molar-refractivity contribution is 0.122. The number of sulfonamides is 1. The van der Waals surface area contributed by atoms with Crippen LogP contribution in [-0.4, -0.2) is 75.4 Å². The molecule has 0 unspecified atom stereocenters. The molecule has 11 heteroatoms. The van der Waals surface area contributed by atoms with E-state index in [4.69, 9.17) is 4.74 Å². The standard InChI is InChI=1S/C19H23F2N5O3S/c20-16-1-2-17(21)15(13-16)14-30(27,28)26-7-5-24(6-8-26)18-3-4-19(23-22-18)25-9-11-29-12-10-25/h1-4,13H,5-12,14H2. The molecule has 2 aliphatic heterocycles. The smallest absolute Gasteiger partial charge is 0.218 e. The number of hydrogen-bond donors (Lipinski definition) is 0. The Hall–Kier alpha value is -2.37. The monoisotopic (exact) mass is 439 g/mol. The molecule has 0 aliphatic carbocycles. The van der Waals surface area contributed by atoms with Gasteiger partial charge in [-0.3, -0.25) is 0 Å². The summed E-state index contributed by atoms with van der Waals surface area (Å²) in [5, 5.41) is 8.58. The van der Waals surface area contributed by atoms with Gasteiger partial charge in [0.15, 0.2) is 11.6 Å². The van der Waals surface area contributed by atoms with Crippen LogP contribution in [0.25, 0.3) is 0 Å². The Balaban J connectivity index is 1.36. The van der Waals surface area contributed by atoms with Crippen molar-refractivity contribution < 1.29 is 21.9 Å². The molecule has 0 atom stereocenters. The summed E-state index contributed by atoms with van der Waals surface area (Å²) in [7, 11) is -3.76. The molecule has 1 aromatic carbocycles. The number of halogens is 2. The van der Waals surface area contributed by atoms with E-state index in [1.807, 2.05) is 17.0 Å². The van der Waals surface area contributed by atoms with E-state index in [1.165, 1.54) is 4.31 Å². The lowest BCUT2D eigenvalue weighted by Crippen LogP contribution is -2.49. The molecule has 162 valence electrons. The first-order chi connectivity index (χ1) is 14.4. The van der Waals surface area contributed by atoms with Crippen LogP contribution in [0.15, 0.2) is 30.3 Å². The van der Waals surface area contributed by atoms with E-state index in [0.29, 0.717) is 32.1 Å². The third-order valence-corrected chi connectivity index (χ3v) is 7.10. The summed E-state index contributed by atoms with van der Waals surface area (Å²) in [6.07, 6.45) is 0. The second-order valence-electron chi connectivity index (χ2n) is 7.23. The van der Waals surface area contributed by atoms with E-state index in [0.717, 1.165) is 37.1 Å². The van der Waals surface area contributed by atoms with Crippen molar-refractivity contribution in [3.8, 4) is 0 Å². The maximum absolute atomic E-state index is 13.8. The fraction of sp³-hybridized carbons (Fsp3) is 0.474. The van der Waals surface area contributed by atoms with Gasteiger partial charge in [-0.25, -0.2) is 17.2 Å². The van der Waals surface area contributed by atoms with Gasteiger partial charge in [-0.1, -0.05) is 0 Å². The largest absolute Gasteiger partial charge is 0.378 e. The number of piperazine rings is 1. The van der Waals surface area contributed by atoms with E-state index in [2.05, 4.69) is 15.1 Å². The van der Waals surface area contributed by atoms with Gasteiger partial charge < -0.3 is 14.5 Å². The van der Waals surface area contributed by atoms with Crippen molar-refractivity contribution in [1.29, 1.82) is 0 Å². The topological polar surface area (TPSA) is 78.9 Å². The summed E-state index contributed by atoms with van der Waals surface area (Å²) >= 11 is 0. The summed E-state index contributed by atoms with van der Waals surface area (Å²) < 4.78 is 59.1. The van der Waals surface area contributed by atoms with Gasteiger partial charge in [0, 0.05) is 44.8 Å². The summed E-state index contributed by atoms with van der Waals surface area (Å²) in [6, 6.07) is 6.62. The summed E-state index contributed by atoms with van der Waals surface area (Å²) in [6.45, 7) is 4.25. The quantitative estimate of drug-likeness (QED) is 0.694. The van der Waals surface area contributed by atoms with Crippen LogP contribution >= 0.6 is 0 Å². The highest BCUT2D eigenvalue weighted by molar-refractivity contribution is 7.88. The van der Waals surface area contributed by atoms with Crippen LogP contribution in [0, 0.1) is 11.6 Å². The molecule has 30 heavy (non-hydrogen) atoms. The minimum atomic E-state index is -3.76. The van der Waals surface area contributed by atoms with E-state index in [9.17, 15) is 17.2 Å². The first-order valence-electron chi connectivity index (χ1n) is 9.75. The molecule has 1 aromatic heterocycles. The first kappa shape index (κ1) is 20.9. The van der Waals surface area contributed by atoms with Crippen molar-refractivity contribution in [2.24, 2.45) is 0 Å². The van der Waals surface area contributed by atoms with Gasteiger partial charge in [0.1, 0.15) is 11.6 Å². The SMILES string of the molecule is O=S(=O)(Cc1cc(F)ccc1F)N1CCN(c2ccc(N3CCOCC3)nn2)CC1. The molecule has 2 fully saturated rings. The predicted molar refractivity (Wildman–Crippen MR) is 108 cm³/mol. The highest BCUT2D eigenvalue weighted by Crippen LogP contribution is 2.20. The van der Waals surface area contributed by atoms with Crippen LogP contribution < -0.4 is 9.80 Å². The van der Waals surface area contributed by atoms with Crippen molar-refractivity contribution in [2.75, 3.05) is 62.3 Å². The highest BCUT2D eigenvalue weighted by atomic mass is 32.2. The number of rotatable bonds is 5. The lowest BCUT2D eigenvalue weighted by atomic mass is 10.2. The normalized spacial score (nSPS) is 18.6. The number of hydrogen-bond acceptors (Lipinski definition) is 7. The number of morpholine rings is 1. The maximum atomic E-state index is 13.8. The molecule has 0 spiro atoms. The second kappa shape index (κ2) is 8.78. The summed E-state index contributed by atoms with van der Waals surface area (Å²) in [5.74, 6) is -0.481. The molecule has 2 aliphatic rings. The zero-order valence-corrected chi connectivity index (χ0v) is 17.2. The van der Waals surface area contributed by atoms with Gasteiger partial charge in [0.25, 0.3) is 0 Å². The Morgan fingerprint density at radius 3 is 2.07 bits per heavy atom. The van der Waals surface area contributed by atoms with Gasteiger partial charge in [-0.05, 0) is 30.3 Å². The molecule has 3 heterocycles. The molecule has 0 amide bonds. The Bertz CT molecular complexity index is 976. The average molecular weight is 439 g/mol. The predicted octanol–water partition coefficient (Wildman–Crippen LogP) is 1.24. The van der Waals surface area contributed by atoms with Gasteiger partial charge in [0.2, 0.25) is 10.0 Å². The van der Waals surface area contributed by atoms with Gasteiger partial charge in [0.05, 0.1) is 19.0 Å². The van der Waals surface area contributed by atoms with Crippen LogP contribution in [0.4, 0.5) is 20.4 Å². The second-order valence-corrected chi connectivity index (χ2v) is 9.20. The van der Waals surface area contributed by atoms with Crippen LogP contribution in [0.3, 0.4) is 0 Å². The average Bonchev–Trinajstić information content (AvgIpc) is 2.77. The highest BCUT2D eigenvalue weighted by Gasteiger charge is 2.29. The molecule has 0 N–H and O–H groups in total. The number of ether oxygens (including phenoxy) is 1. The fourth-order valence-electron chi connectivity index (χ4n) is 3.59. The minimum Gasteiger partial charge on any atom is -0.378 e. The van der Waals surface area contributed by atoms with E-state index >= 15 is 0 Å². The Morgan fingerprint density at radius 2 is 1.47 bits per heavy atom. The third kappa shape index (κ3) is 4.68. The number of nitrogens with zero attached hydrogens (tertiary/aromatic N) is 5. The molecule has 2 aromatic rings. The van der Waals surface area contributed by atoms with E-state index in [1.54, 1.807) is 0 Å². The lowest BCUT2D eigenvalue weighted by Gasteiger charge is -2.34. The fourth-order valence-corrected chi connectivity index (χ4v) is 5.10. The minimum absolute atomic E-state index is 0.165. The summed E-state index contributed by atoms with van der Waals surface area (Å²) in [4.78, 5) is 4.07. The molecule has 2 saturated heterocycles. The molecular weight excluding hydrogens is 416 g/mol. The zero-order valence-electron chi connectivity index (χ0n) is 16.4. The van der Waals surface area contributed by atoms with Gasteiger partial charge in [-0.2, -0.15) is 4.31 Å². The molecule has 4 rings (SSSR count). The number of aromatic nitrogens is 2. The maximum Gasteiger partial charge on any atom is 0.218 e. The molecule has 0 bridgehead atoms. The zero-order chi connectivity index (χ0) is 21.1. The number of anilines is 2.